The average Bonchev–Trinajstić information content (AvgIpc) is 2.80. The van der Waals surface area contributed by atoms with Crippen molar-refractivity contribution in [1.82, 2.24) is 0 Å². The highest BCUT2D eigenvalue weighted by molar-refractivity contribution is 6.30. The summed E-state index contributed by atoms with van der Waals surface area (Å²) < 4.78 is 29.0. The predicted octanol–water partition coefficient (Wildman–Crippen LogP) is 8.36. The second-order valence-electron chi connectivity index (χ2n) is 7.37. The Morgan fingerprint density at radius 1 is 0.576 bits per heavy atom. The Balaban J connectivity index is 1.44. The van der Waals surface area contributed by atoms with Crippen molar-refractivity contribution in [3.05, 3.63) is 129 Å². The van der Waals surface area contributed by atoms with Crippen LogP contribution in [-0.4, -0.2) is 12.4 Å². The highest BCUT2D eigenvalue weighted by atomic mass is 35.5. The zero-order valence-electron chi connectivity index (χ0n) is 17.4. The maximum atomic E-state index is 14.5. The summed E-state index contributed by atoms with van der Waals surface area (Å²) in [6.07, 6.45) is 3.54. The minimum absolute atomic E-state index is 0.228. The molecule has 0 saturated carbocycles. The molecule has 164 valence electrons. The molecule has 0 radical (unpaired) electrons. The third-order valence-corrected chi connectivity index (χ3v) is 5.38. The molecule has 0 aromatic heterocycles. The lowest BCUT2D eigenvalue weighted by Crippen LogP contribution is -1.91. The van der Waals surface area contributed by atoms with E-state index in [0.29, 0.717) is 16.5 Å². The van der Waals surface area contributed by atoms with Crippen molar-refractivity contribution in [2.75, 3.05) is 0 Å². The Morgan fingerprint density at radius 3 is 1.33 bits per heavy atom. The van der Waals surface area contributed by atoms with Crippen LogP contribution in [0.1, 0.15) is 22.3 Å². The lowest BCUT2D eigenvalue weighted by atomic mass is 10.0. The molecule has 0 aliphatic carbocycles. The summed E-state index contributed by atoms with van der Waals surface area (Å²) in [6, 6.07) is 23.8. The summed E-state index contributed by atoms with van der Waals surface area (Å²) in [5.41, 5.74) is 3.53. The summed E-state index contributed by atoms with van der Waals surface area (Å²) in [5, 5.41) is 1.25. The Bertz CT molecular complexity index is 1210. The lowest BCUT2D eigenvalue weighted by molar-refractivity contribution is 0.626. The standard InChI is InChI=1S/C27H18Cl2F2N2/c28-22-7-1-18(2-8-22)16-32-26-11-5-20(14-24(26)30)13-21-6-12-27(25(31)15-21)33-17-19-3-9-23(29)10-4-19/h1-12,14-17H,13H2. The molecule has 4 aromatic carbocycles. The zero-order valence-corrected chi connectivity index (χ0v) is 18.9. The molecule has 0 aliphatic heterocycles. The summed E-state index contributed by atoms with van der Waals surface area (Å²) in [5.74, 6) is -0.884. The lowest BCUT2D eigenvalue weighted by Gasteiger charge is -2.06. The van der Waals surface area contributed by atoms with Crippen LogP contribution in [0.5, 0.6) is 0 Å². The quantitative estimate of drug-likeness (QED) is 0.248. The van der Waals surface area contributed by atoms with Crippen molar-refractivity contribution in [3.63, 3.8) is 0 Å². The third-order valence-electron chi connectivity index (χ3n) is 4.88. The van der Waals surface area contributed by atoms with E-state index in [2.05, 4.69) is 9.98 Å². The van der Waals surface area contributed by atoms with Gasteiger partial charge < -0.3 is 0 Å². The topological polar surface area (TPSA) is 24.7 Å². The second-order valence-corrected chi connectivity index (χ2v) is 8.24. The SMILES string of the molecule is Fc1cc(Cc2ccc(N=Cc3ccc(Cl)cc3)c(F)c2)ccc1N=Cc1ccc(Cl)cc1. The molecular formula is C27H18Cl2F2N2. The molecule has 33 heavy (non-hydrogen) atoms. The third kappa shape index (κ3) is 6.35. The van der Waals surface area contributed by atoms with Crippen molar-refractivity contribution in [3.8, 4) is 0 Å². The number of aliphatic imine (C=N–C) groups is 2. The molecule has 0 bridgehead atoms. The van der Waals surface area contributed by atoms with Gasteiger partial charge in [0.05, 0.1) is 11.4 Å². The van der Waals surface area contributed by atoms with Gasteiger partial charge in [-0.3, -0.25) is 9.98 Å². The molecule has 0 aliphatic rings. The monoisotopic (exact) mass is 478 g/mol. The number of benzene rings is 4. The first kappa shape index (κ1) is 22.8. The molecule has 0 saturated heterocycles. The van der Waals surface area contributed by atoms with Crippen molar-refractivity contribution >= 4 is 47.0 Å². The average molecular weight is 479 g/mol. The van der Waals surface area contributed by atoms with E-state index in [1.54, 1.807) is 85.2 Å². The first-order valence-corrected chi connectivity index (χ1v) is 10.9. The summed E-state index contributed by atoms with van der Waals surface area (Å²) >= 11 is 11.7. The highest BCUT2D eigenvalue weighted by Gasteiger charge is 2.06. The van der Waals surface area contributed by atoms with Crippen LogP contribution in [0.4, 0.5) is 20.2 Å². The number of nitrogens with zero attached hydrogens (tertiary/aromatic N) is 2. The normalized spacial score (nSPS) is 11.5. The largest absolute Gasteiger partial charge is 0.253 e. The van der Waals surface area contributed by atoms with Crippen LogP contribution in [0.3, 0.4) is 0 Å². The first-order valence-electron chi connectivity index (χ1n) is 10.1. The highest BCUT2D eigenvalue weighted by Crippen LogP contribution is 2.24. The van der Waals surface area contributed by atoms with E-state index in [0.717, 1.165) is 22.3 Å². The molecule has 0 spiro atoms. The Labute approximate surface area is 200 Å². The van der Waals surface area contributed by atoms with E-state index in [1.165, 1.54) is 12.1 Å². The van der Waals surface area contributed by atoms with Crippen LogP contribution in [0.2, 0.25) is 10.0 Å². The van der Waals surface area contributed by atoms with Gasteiger partial charge in [-0.15, -0.1) is 0 Å². The molecule has 0 amide bonds. The van der Waals surface area contributed by atoms with E-state index in [1.807, 2.05) is 0 Å². The molecule has 0 unspecified atom stereocenters. The summed E-state index contributed by atoms with van der Waals surface area (Å²) in [6.45, 7) is 0. The van der Waals surface area contributed by atoms with Crippen molar-refractivity contribution in [2.24, 2.45) is 9.98 Å². The van der Waals surface area contributed by atoms with Crippen LogP contribution < -0.4 is 0 Å². The molecule has 6 heteroatoms. The van der Waals surface area contributed by atoms with Gasteiger partial charge in [-0.25, -0.2) is 8.78 Å². The fourth-order valence-corrected chi connectivity index (χ4v) is 3.40. The summed E-state index contributed by atoms with van der Waals surface area (Å²) in [7, 11) is 0. The molecular weight excluding hydrogens is 461 g/mol. The molecule has 0 heterocycles. The number of halogens is 4. The second kappa shape index (κ2) is 10.5. The number of hydrogen-bond donors (Lipinski definition) is 0. The van der Waals surface area contributed by atoms with Crippen LogP contribution >= 0.6 is 23.2 Å². The van der Waals surface area contributed by atoms with Gasteiger partial charge in [0.15, 0.2) is 0 Å². The minimum atomic E-state index is -0.442. The molecule has 0 atom stereocenters. The first-order chi connectivity index (χ1) is 16.0. The van der Waals surface area contributed by atoms with E-state index in [-0.39, 0.29) is 11.4 Å². The van der Waals surface area contributed by atoms with E-state index in [4.69, 9.17) is 23.2 Å². The van der Waals surface area contributed by atoms with Crippen LogP contribution in [0.25, 0.3) is 0 Å². The smallest absolute Gasteiger partial charge is 0.149 e. The maximum Gasteiger partial charge on any atom is 0.149 e. The zero-order chi connectivity index (χ0) is 23.2. The van der Waals surface area contributed by atoms with Gasteiger partial charge in [0.25, 0.3) is 0 Å². The van der Waals surface area contributed by atoms with Crippen LogP contribution in [-0.2, 0) is 6.42 Å². The van der Waals surface area contributed by atoms with Gasteiger partial charge in [0.1, 0.15) is 11.6 Å². The van der Waals surface area contributed by atoms with E-state index >= 15 is 0 Å². The van der Waals surface area contributed by atoms with Gasteiger partial charge in [-0.05, 0) is 77.2 Å². The minimum Gasteiger partial charge on any atom is -0.253 e. The fraction of sp³-hybridized carbons (Fsp3) is 0.0370. The maximum absolute atomic E-state index is 14.5. The van der Waals surface area contributed by atoms with Gasteiger partial charge in [0, 0.05) is 22.5 Å². The molecule has 4 rings (SSSR count). The Hall–Kier alpha value is -3.34. The van der Waals surface area contributed by atoms with E-state index < -0.39 is 11.6 Å². The van der Waals surface area contributed by atoms with Gasteiger partial charge in [-0.2, -0.15) is 0 Å². The summed E-state index contributed by atoms with van der Waals surface area (Å²) in [4.78, 5) is 8.41. The Morgan fingerprint density at radius 2 is 0.970 bits per heavy atom. The van der Waals surface area contributed by atoms with Crippen LogP contribution in [0.15, 0.2) is 94.9 Å². The molecule has 0 N–H and O–H groups in total. The molecule has 2 nitrogen and oxygen atoms in total. The molecule has 0 fully saturated rings. The van der Waals surface area contributed by atoms with Gasteiger partial charge in [0.2, 0.25) is 0 Å². The van der Waals surface area contributed by atoms with Crippen molar-refractivity contribution < 1.29 is 8.78 Å². The predicted molar refractivity (Wildman–Crippen MR) is 133 cm³/mol. The Kier molecular flexibility index (Phi) is 7.28. The fourth-order valence-electron chi connectivity index (χ4n) is 3.15. The van der Waals surface area contributed by atoms with Gasteiger partial charge in [-0.1, -0.05) is 59.6 Å². The van der Waals surface area contributed by atoms with Crippen molar-refractivity contribution in [1.29, 1.82) is 0 Å². The van der Waals surface area contributed by atoms with Crippen LogP contribution in [0, 0.1) is 11.6 Å². The van der Waals surface area contributed by atoms with Crippen molar-refractivity contribution in [2.45, 2.75) is 6.42 Å². The molecule has 4 aromatic rings. The van der Waals surface area contributed by atoms with E-state index in [9.17, 15) is 8.78 Å². The number of hydrogen-bond acceptors (Lipinski definition) is 2. The van der Waals surface area contributed by atoms with Gasteiger partial charge >= 0.3 is 0 Å². The number of rotatable bonds is 6.